The van der Waals surface area contributed by atoms with Crippen molar-refractivity contribution in [3.05, 3.63) is 76.5 Å². The lowest BCUT2D eigenvalue weighted by molar-refractivity contribution is 0.0697. The summed E-state index contributed by atoms with van der Waals surface area (Å²) in [6.07, 6.45) is 0. The maximum absolute atomic E-state index is 11.7. The second-order valence-corrected chi connectivity index (χ2v) is 5.67. The van der Waals surface area contributed by atoms with Crippen molar-refractivity contribution in [1.29, 1.82) is 0 Å². The Labute approximate surface area is 147 Å². The maximum atomic E-state index is 11.7. The highest BCUT2D eigenvalue weighted by atomic mass is 16.4. The van der Waals surface area contributed by atoms with Gasteiger partial charge in [0.15, 0.2) is 5.43 Å². The van der Waals surface area contributed by atoms with Crippen molar-refractivity contribution in [1.82, 2.24) is 0 Å². The average molecular weight is 350 g/mol. The number of hydrogen-bond donors (Lipinski definition) is 2. The SMILES string of the molecule is O.O=C(O)c1ccccc1-c1c2ccc(=O)cc-2oc2cc(O)ccc12. The van der Waals surface area contributed by atoms with Crippen molar-refractivity contribution in [3.8, 4) is 28.2 Å². The smallest absolute Gasteiger partial charge is 0.336 e. The van der Waals surface area contributed by atoms with Gasteiger partial charge in [-0.2, -0.15) is 0 Å². The fourth-order valence-electron chi connectivity index (χ4n) is 3.04. The molecule has 4 N–H and O–H groups in total. The molecule has 26 heavy (non-hydrogen) atoms. The van der Waals surface area contributed by atoms with Crippen molar-refractivity contribution in [2.24, 2.45) is 0 Å². The van der Waals surface area contributed by atoms with E-state index in [9.17, 15) is 19.8 Å². The highest BCUT2D eigenvalue weighted by Gasteiger charge is 2.21. The van der Waals surface area contributed by atoms with E-state index in [0.717, 1.165) is 0 Å². The van der Waals surface area contributed by atoms with Gasteiger partial charge in [-0.05, 0) is 35.9 Å². The minimum Gasteiger partial charge on any atom is -0.508 e. The number of phenols is 1. The predicted octanol–water partition coefficient (Wildman–Crippen LogP) is 3.14. The molecule has 2 aromatic rings. The summed E-state index contributed by atoms with van der Waals surface area (Å²) in [6, 6.07) is 15.7. The van der Waals surface area contributed by atoms with Crippen LogP contribution in [0.1, 0.15) is 10.4 Å². The summed E-state index contributed by atoms with van der Waals surface area (Å²) >= 11 is 0. The Morgan fingerprint density at radius 3 is 2.46 bits per heavy atom. The molecule has 0 fully saturated rings. The molecular weight excluding hydrogens is 336 g/mol. The Hall–Kier alpha value is -3.64. The van der Waals surface area contributed by atoms with Crippen LogP contribution < -0.4 is 5.43 Å². The first-order valence-electron chi connectivity index (χ1n) is 7.57. The van der Waals surface area contributed by atoms with Crippen LogP contribution in [0.3, 0.4) is 0 Å². The molecule has 2 aliphatic rings. The largest absolute Gasteiger partial charge is 0.508 e. The van der Waals surface area contributed by atoms with Gasteiger partial charge in [0.2, 0.25) is 0 Å². The molecule has 6 heteroatoms. The Morgan fingerprint density at radius 1 is 0.923 bits per heavy atom. The van der Waals surface area contributed by atoms with Gasteiger partial charge in [-0.1, -0.05) is 18.2 Å². The van der Waals surface area contributed by atoms with Gasteiger partial charge in [0.25, 0.3) is 0 Å². The minimum atomic E-state index is -1.04. The number of carboxylic acids is 1. The van der Waals surface area contributed by atoms with E-state index in [4.69, 9.17) is 4.42 Å². The zero-order valence-corrected chi connectivity index (χ0v) is 13.4. The Kier molecular flexibility index (Phi) is 4.19. The number of aromatic hydroxyl groups is 1. The standard InChI is InChI=1S/C20H12O5.H2O/c21-11-5-7-15-17(9-11)25-18-10-12(22)6-8-16(18)19(15)13-3-1-2-4-14(13)20(23)24;/h1-10,21H,(H,23,24);1H2. The number of benzene rings is 3. The van der Waals surface area contributed by atoms with Crippen molar-refractivity contribution >= 4 is 16.9 Å². The van der Waals surface area contributed by atoms with E-state index < -0.39 is 5.97 Å². The van der Waals surface area contributed by atoms with Gasteiger partial charge in [-0.15, -0.1) is 0 Å². The summed E-state index contributed by atoms with van der Waals surface area (Å²) in [5.41, 5.74) is 2.10. The molecule has 1 heterocycles. The number of phenolic OH excluding ortho intramolecular Hbond substituents is 1. The van der Waals surface area contributed by atoms with Crippen molar-refractivity contribution < 1.29 is 24.9 Å². The van der Waals surface area contributed by atoms with E-state index in [2.05, 4.69) is 0 Å². The summed E-state index contributed by atoms with van der Waals surface area (Å²) in [5, 5.41) is 19.9. The number of fused-ring (bicyclic) bond motifs is 2. The molecule has 0 unspecified atom stereocenters. The van der Waals surface area contributed by atoms with Gasteiger partial charge >= 0.3 is 5.97 Å². The molecule has 2 aromatic carbocycles. The molecule has 4 rings (SSSR count). The fourth-order valence-corrected chi connectivity index (χ4v) is 3.04. The first-order valence-corrected chi connectivity index (χ1v) is 7.57. The first kappa shape index (κ1) is 17.2. The lowest BCUT2D eigenvalue weighted by atomic mass is 9.91. The van der Waals surface area contributed by atoms with Gasteiger partial charge in [-0.3, -0.25) is 4.79 Å². The number of rotatable bonds is 2. The lowest BCUT2D eigenvalue weighted by Crippen LogP contribution is -2.03. The molecule has 130 valence electrons. The van der Waals surface area contributed by atoms with Crippen LogP contribution in [0.4, 0.5) is 0 Å². The lowest BCUT2D eigenvalue weighted by Gasteiger charge is -2.16. The van der Waals surface area contributed by atoms with E-state index in [-0.39, 0.29) is 22.2 Å². The van der Waals surface area contributed by atoms with Gasteiger partial charge in [-0.25, -0.2) is 4.79 Å². The number of hydrogen-bond acceptors (Lipinski definition) is 4. The molecule has 0 saturated carbocycles. The highest BCUT2D eigenvalue weighted by Crippen LogP contribution is 2.41. The summed E-state index contributed by atoms with van der Waals surface area (Å²) in [5.74, 6) is -0.691. The van der Waals surface area contributed by atoms with Crippen LogP contribution in [-0.4, -0.2) is 21.7 Å². The first-order chi connectivity index (χ1) is 12.0. The van der Waals surface area contributed by atoms with Crippen LogP contribution in [-0.2, 0) is 0 Å². The Balaban J connectivity index is 0.00000196. The predicted molar refractivity (Wildman–Crippen MR) is 96.8 cm³/mol. The molecule has 0 spiro atoms. The Bertz CT molecular complexity index is 1160. The fraction of sp³-hybridized carbons (Fsp3) is 0. The maximum Gasteiger partial charge on any atom is 0.336 e. The zero-order valence-electron chi connectivity index (χ0n) is 13.4. The van der Waals surface area contributed by atoms with E-state index in [1.807, 2.05) is 0 Å². The van der Waals surface area contributed by atoms with Crippen molar-refractivity contribution in [2.75, 3.05) is 0 Å². The van der Waals surface area contributed by atoms with Crippen LogP contribution >= 0.6 is 0 Å². The van der Waals surface area contributed by atoms with Crippen LogP contribution in [0.5, 0.6) is 5.75 Å². The minimum absolute atomic E-state index is 0. The van der Waals surface area contributed by atoms with Crippen LogP contribution in [0, 0.1) is 0 Å². The van der Waals surface area contributed by atoms with Crippen molar-refractivity contribution in [2.45, 2.75) is 0 Å². The Morgan fingerprint density at radius 2 is 1.69 bits per heavy atom. The third kappa shape index (κ3) is 2.68. The molecule has 1 aliphatic heterocycles. The number of carboxylic acid groups (broad SMARTS) is 1. The molecule has 6 nitrogen and oxygen atoms in total. The molecule has 0 atom stereocenters. The molecule has 0 bridgehead atoms. The molecule has 0 radical (unpaired) electrons. The highest BCUT2D eigenvalue weighted by molar-refractivity contribution is 6.07. The third-order valence-electron chi connectivity index (χ3n) is 4.10. The second-order valence-electron chi connectivity index (χ2n) is 5.67. The van der Waals surface area contributed by atoms with E-state index in [1.54, 1.807) is 30.3 Å². The van der Waals surface area contributed by atoms with Crippen LogP contribution in [0.25, 0.3) is 33.4 Å². The van der Waals surface area contributed by atoms with E-state index in [0.29, 0.717) is 33.4 Å². The van der Waals surface area contributed by atoms with Gasteiger partial charge in [0, 0.05) is 28.6 Å². The quantitative estimate of drug-likeness (QED) is 0.538. The molecule has 1 aliphatic carbocycles. The summed E-state index contributed by atoms with van der Waals surface area (Å²) in [6.45, 7) is 0. The normalized spacial score (nSPS) is 10.6. The molecule has 0 amide bonds. The van der Waals surface area contributed by atoms with Crippen LogP contribution in [0.2, 0.25) is 0 Å². The topological polar surface area (TPSA) is 119 Å². The third-order valence-corrected chi connectivity index (χ3v) is 4.10. The summed E-state index contributed by atoms with van der Waals surface area (Å²) < 4.78 is 5.76. The molecule has 0 aromatic heterocycles. The summed E-state index contributed by atoms with van der Waals surface area (Å²) in [4.78, 5) is 23.4. The number of aromatic carboxylic acids is 1. The summed E-state index contributed by atoms with van der Waals surface area (Å²) in [7, 11) is 0. The van der Waals surface area contributed by atoms with E-state index in [1.165, 1.54) is 30.3 Å². The van der Waals surface area contributed by atoms with Gasteiger partial charge < -0.3 is 20.1 Å². The van der Waals surface area contributed by atoms with Gasteiger partial charge in [0.1, 0.15) is 17.1 Å². The average Bonchev–Trinajstić information content (AvgIpc) is 2.59. The van der Waals surface area contributed by atoms with E-state index >= 15 is 0 Å². The monoisotopic (exact) mass is 350 g/mol. The molecule has 0 saturated heterocycles. The van der Waals surface area contributed by atoms with Gasteiger partial charge in [0.05, 0.1) is 5.56 Å². The van der Waals surface area contributed by atoms with Crippen LogP contribution in [0.15, 0.2) is 69.9 Å². The molecular formula is C20H14O6. The number of carbonyl (C=O) groups is 1. The second kappa shape index (κ2) is 6.34. The van der Waals surface area contributed by atoms with Crippen molar-refractivity contribution in [3.63, 3.8) is 0 Å². The zero-order chi connectivity index (χ0) is 17.6.